The third kappa shape index (κ3) is 2.70. The van der Waals surface area contributed by atoms with Crippen LogP contribution < -0.4 is 10.6 Å². The highest BCUT2D eigenvalue weighted by molar-refractivity contribution is 5.37. The van der Waals surface area contributed by atoms with Crippen LogP contribution in [0.25, 0.3) is 0 Å². The van der Waals surface area contributed by atoms with Gasteiger partial charge < -0.3 is 10.6 Å². The molecule has 1 aromatic rings. The van der Waals surface area contributed by atoms with Crippen LogP contribution in [0.1, 0.15) is 37.3 Å². The fraction of sp³-hybridized carbons (Fsp3) is 0.571. The van der Waals surface area contributed by atoms with Crippen LogP contribution >= 0.6 is 0 Å². The molecule has 0 amide bonds. The largest absolute Gasteiger partial charge is 0.367 e. The Morgan fingerprint density at radius 2 is 1.89 bits per heavy atom. The van der Waals surface area contributed by atoms with E-state index in [1.54, 1.807) is 6.33 Å². The number of aromatic nitrogens is 2. The lowest BCUT2D eigenvalue weighted by Crippen LogP contribution is -2.35. The van der Waals surface area contributed by atoms with E-state index in [-0.39, 0.29) is 0 Å². The summed E-state index contributed by atoms with van der Waals surface area (Å²) >= 11 is 0. The van der Waals surface area contributed by atoms with Gasteiger partial charge in [0.1, 0.15) is 12.1 Å². The first kappa shape index (κ1) is 11.7. The van der Waals surface area contributed by atoms with Gasteiger partial charge in [-0.15, -0.1) is 0 Å². The lowest BCUT2D eigenvalue weighted by molar-refractivity contribution is 0.478. The fourth-order valence-electron chi connectivity index (χ4n) is 2.71. The molecule has 2 heterocycles. The predicted molar refractivity (Wildman–Crippen MR) is 72.7 cm³/mol. The van der Waals surface area contributed by atoms with Crippen LogP contribution in [-0.2, 0) is 0 Å². The van der Waals surface area contributed by atoms with E-state index in [1.165, 1.54) is 18.5 Å². The van der Waals surface area contributed by atoms with Crippen molar-refractivity contribution in [2.75, 3.05) is 18.4 Å². The van der Waals surface area contributed by atoms with E-state index in [2.05, 4.69) is 38.8 Å². The molecule has 0 bridgehead atoms. The number of nitrogens with one attached hydrogen (secondary N) is 2. The molecule has 0 unspecified atom stereocenters. The van der Waals surface area contributed by atoms with Gasteiger partial charge in [0.25, 0.3) is 0 Å². The first-order chi connectivity index (χ1) is 8.92. The smallest absolute Gasteiger partial charge is 0.129 e. The van der Waals surface area contributed by atoms with Crippen LogP contribution in [0.3, 0.4) is 0 Å². The second-order valence-corrected chi connectivity index (χ2v) is 5.14. The number of anilines is 1. The Bertz CT molecular complexity index is 416. The molecule has 1 fully saturated rings. The van der Waals surface area contributed by atoms with Crippen molar-refractivity contribution < 1.29 is 0 Å². The summed E-state index contributed by atoms with van der Waals surface area (Å²) < 4.78 is 0. The molecule has 1 saturated heterocycles. The van der Waals surface area contributed by atoms with Gasteiger partial charge in [0, 0.05) is 23.7 Å². The van der Waals surface area contributed by atoms with Crippen molar-refractivity contribution in [3.8, 4) is 0 Å². The average molecular weight is 244 g/mol. The van der Waals surface area contributed by atoms with Gasteiger partial charge in [-0.25, -0.2) is 9.97 Å². The lowest BCUT2D eigenvalue weighted by Gasteiger charge is -2.24. The van der Waals surface area contributed by atoms with Gasteiger partial charge in [-0.05, 0) is 38.8 Å². The zero-order chi connectivity index (χ0) is 12.2. The predicted octanol–water partition coefficient (Wildman–Crippen LogP) is 2.07. The van der Waals surface area contributed by atoms with Gasteiger partial charge in [0.2, 0.25) is 0 Å². The third-order valence-corrected chi connectivity index (χ3v) is 3.81. The summed E-state index contributed by atoms with van der Waals surface area (Å²) in [5.74, 6) is 1.54. The normalized spacial score (nSPS) is 21.3. The van der Waals surface area contributed by atoms with Gasteiger partial charge in [0.05, 0.1) is 0 Å². The van der Waals surface area contributed by atoms with Crippen LogP contribution in [0.5, 0.6) is 0 Å². The number of rotatable bonds is 3. The van der Waals surface area contributed by atoms with Crippen LogP contribution in [-0.4, -0.2) is 29.1 Å². The summed E-state index contributed by atoms with van der Waals surface area (Å²) in [6.07, 6.45) is 10.7. The topological polar surface area (TPSA) is 49.8 Å². The van der Waals surface area contributed by atoms with Gasteiger partial charge in [-0.2, -0.15) is 0 Å². The highest BCUT2D eigenvalue weighted by Crippen LogP contribution is 2.28. The van der Waals surface area contributed by atoms with E-state index >= 15 is 0 Å². The van der Waals surface area contributed by atoms with Crippen molar-refractivity contribution in [3.63, 3.8) is 0 Å². The van der Waals surface area contributed by atoms with Crippen molar-refractivity contribution in [3.05, 3.63) is 30.2 Å². The molecule has 2 aliphatic rings. The molecule has 2 N–H and O–H groups in total. The standard InChI is InChI=1S/C14H20N4/c1-2-4-11(3-1)13-9-14(17-10-16-13)18-12-5-7-15-8-6-12/h1-2,9-12,15H,3-8H2,(H,16,17,18). The van der Waals surface area contributed by atoms with E-state index in [9.17, 15) is 0 Å². The van der Waals surface area contributed by atoms with Gasteiger partial charge >= 0.3 is 0 Å². The third-order valence-electron chi connectivity index (χ3n) is 3.81. The highest BCUT2D eigenvalue weighted by Gasteiger charge is 2.17. The second-order valence-electron chi connectivity index (χ2n) is 5.14. The van der Waals surface area contributed by atoms with Crippen LogP contribution in [0, 0.1) is 0 Å². The Balaban J connectivity index is 1.66. The van der Waals surface area contributed by atoms with E-state index in [4.69, 9.17) is 0 Å². The minimum Gasteiger partial charge on any atom is -0.367 e. The Morgan fingerprint density at radius 1 is 1.11 bits per heavy atom. The lowest BCUT2D eigenvalue weighted by atomic mass is 10.0. The molecule has 0 radical (unpaired) electrons. The Hall–Kier alpha value is -1.42. The molecule has 4 heteroatoms. The molecule has 96 valence electrons. The van der Waals surface area contributed by atoms with Crippen LogP contribution in [0.2, 0.25) is 0 Å². The average Bonchev–Trinajstić information content (AvgIpc) is 2.94. The summed E-state index contributed by atoms with van der Waals surface area (Å²) in [7, 11) is 0. The van der Waals surface area contributed by atoms with Crippen LogP contribution in [0.4, 0.5) is 5.82 Å². The minimum atomic E-state index is 0.552. The number of piperidine rings is 1. The molecule has 0 aromatic carbocycles. The summed E-state index contributed by atoms with van der Waals surface area (Å²) in [5.41, 5.74) is 1.17. The first-order valence-corrected chi connectivity index (χ1v) is 6.86. The van der Waals surface area contributed by atoms with Crippen molar-refractivity contribution in [1.82, 2.24) is 15.3 Å². The SMILES string of the molecule is C1=CCC(c2cc(NC3CCNCC3)ncn2)C1. The molecule has 4 nitrogen and oxygen atoms in total. The molecule has 0 saturated carbocycles. The Labute approximate surface area is 108 Å². The van der Waals surface area contributed by atoms with E-state index in [0.717, 1.165) is 31.7 Å². The van der Waals surface area contributed by atoms with Crippen molar-refractivity contribution >= 4 is 5.82 Å². The Morgan fingerprint density at radius 3 is 2.67 bits per heavy atom. The second kappa shape index (κ2) is 5.48. The van der Waals surface area contributed by atoms with Crippen molar-refractivity contribution in [2.45, 2.75) is 37.6 Å². The molecule has 0 spiro atoms. The maximum atomic E-state index is 4.41. The molecule has 1 aromatic heterocycles. The summed E-state index contributed by atoms with van der Waals surface area (Å²) in [5, 5.41) is 6.91. The molecular formula is C14H20N4. The van der Waals surface area contributed by atoms with E-state index in [0.29, 0.717) is 12.0 Å². The van der Waals surface area contributed by atoms with Gasteiger partial charge in [-0.3, -0.25) is 0 Å². The van der Waals surface area contributed by atoms with Crippen molar-refractivity contribution in [1.29, 1.82) is 0 Å². The fourth-order valence-corrected chi connectivity index (χ4v) is 2.71. The monoisotopic (exact) mass is 244 g/mol. The molecule has 1 aliphatic carbocycles. The summed E-state index contributed by atoms with van der Waals surface area (Å²) in [6, 6.07) is 2.68. The van der Waals surface area contributed by atoms with Crippen LogP contribution in [0.15, 0.2) is 24.5 Å². The maximum Gasteiger partial charge on any atom is 0.129 e. The van der Waals surface area contributed by atoms with E-state index < -0.39 is 0 Å². The molecule has 3 rings (SSSR count). The zero-order valence-electron chi connectivity index (χ0n) is 10.6. The van der Waals surface area contributed by atoms with Gasteiger partial charge in [-0.1, -0.05) is 12.2 Å². The van der Waals surface area contributed by atoms with Gasteiger partial charge in [0.15, 0.2) is 0 Å². The summed E-state index contributed by atoms with van der Waals surface area (Å²) in [4.78, 5) is 8.75. The van der Waals surface area contributed by atoms with E-state index in [1.807, 2.05) is 0 Å². The molecular weight excluding hydrogens is 224 g/mol. The summed E-state index contributed by atoms with van der Waals surface area (Å²) in [6.45, 7) is 2.20. The highest BCUT2D eigenvalue weighted by atomic mass is 15.1. The maximum absolute atomic E-state index is 4.41. The molecule has 0 atom stereocenters. The number of hydrogen-bond acceptors (Lipinski definition) is 4. The number of allylic oxidation sites excluding steroid dienone is 2. The number of nitrogens with zero attached hydrogens (tertiary/aromatic N) is 2. The zero-order valence-corrected chi connectivity index (χ0v) is 10.6. The quantitative estimate of drug-likeness (QED) is 0.799. The Kier molecular flexibility index (Phi) is 3.55. The molecule has 1 aliphatic heterocycles. The minimum absolute atomic E-state index is 0.552. The first-order valence-electron chi connectivity index (χ1n) is 6.86. The van der Waals surface area contributed by atoms with Crippen molar-refractivity contribution in [2.24, 2.45) is 0 Å². The number of hydrogen-bond donors (Lipinski definition) is 2. The molecule has 18 heavy (non-hydrogen) atoms.